The maximum absolute atomic E-state index is 2.15. The molecule has 0 nitrogen and oxygen atoms in total. The summed E-state index contributed by atoms with van der Waals surface area (Å²) in [5, 5.41) is 0. The molecule has 0 rings (SSSR count). The lowest BCUT2D eigenvalue weighted by Gasteiger charge is -1.80. The lowest BCUT2D eigenvalue weighted by Crippen LogP contribution is -1.58. The van der Waals surface area contributed by atoms with E-state index in [2.05, 4.69) is 39.0 Å². The summed E-state index contributed by atoms with van der Waals surface area (Å²) in [4.78, 5) is 0. The fraction of sp³-hybridized carbons (Fsp3) is 0.600. The molecule has 0 saturated carbocycles. The van der Waals surface area contributed by atoms with E-state index in [4.69, 9.17) is 0 Å². The van der Waals surface area contributed by atoms with E-state index in [-0.39, 0.29) is 0 Å². The van der Waals surface area contributed by atoms with E-state index in [0.717, 1.165) is 6.42 Å². The van der Waals surface area contributed by atoms with Crippen molar-refractivity contribution < 1.29 is 0 Å². The molecule has 0 fully saturated rings. The van der Waals surface area contributed by atoms with Crippen LogP contribution in [-0.4, -0.2) is 0 Å². The molecule has 0 heterocycles. The summed E-state index contributed by atoms with van der Waals surface area (Å²) in [5.74, 6) is 0. The summed E-state index contributed by atoms with van der Waals surface area (Å²) in [6, 6.07) is 0. The largest absolute Gasteiger partial charge is 0.0848 e. The lowest BCUT2D eigenvalue weighted by atomic mass is 10.3. The molecule has 0 N–H and O–H groups in total. The van der Waals surface area contributed by atoms with Crippen molar-refractivity contribution in [1.82, 2.24) is 0 Å². The predicted molar refractivity (Wildman–Crippen MR) is 50.2 cm³/mol. The summed E-state index contributed by atoms with van der Waals surface area (Å²) in [7, 11) is 0. The Labute approximate surface area is 65.7 Å². The molecule has 0 aliphatic rings. The quantitative estimate of drug-likeness (QED) is 0.509. The minimum Gasteiger partial charge on any atom is -0.0848 e. The Bertz CT molecular complexity index is 92.6. The summed E-state index contributed by atoms with van der Waals surface area (Å²) in [5.41, 5.74) is 1.36. The first kappa shape index (κ1) is 12.2. The zero-order valence-corrected chi connectivity index (χ0v) is 7.94. The molecule has 0 spiro atoms. The van der Waals surface area contributed by atoms with Gasteiger partial charge in [-0.15, -0.1) is 0 Å². The van der Waals surface area contributed by atoms with Crippen LogP contribution in [0.4, 0.5) is 0 Å². The second-order valence-corrected chi connectivity index (χ2v) is 2.08. The second-order valence-electron chi connectivity index (χ2n) is 2.08. The zero-order valence-electron chi connectivity index (χ0n) is 7.94. The van der Waals surface area contributed by atoms with Gasteiger partial charge in [-0.1, -0.05) is 44.6 Å². The SMILES string of the molecule is CC.CC/C=C\C=C(C)C. The molecule has 60 valence electrons. The van der Waals surface area contributed by atoms with Gasteiger partial charge in [0.15, 0.2) is 0 Å². The minimum atomic E-state index is 1.13. The van der Waals surface area contributed by atoms with Crippen molar-refractivity contribution in [2.75, 3.05) is 0 Å². The Morgan fingerprint density at radius 2 is 1.70 bits per heavy atom. The molecule has 0 aromatic rings. The average Bonchev–Trinajstić information content (AvgIpc) is 1.92. The maximum atomic E-state index is 2.15. The summed E-state index contributed by atoms with van der Waals surface area (Å²) < 4.78 is 0. The molecule has 0 radical (unpaired) electrons. The lowest BCUT2D eigenvalue weighted by molar-refractivity contribution is 1.22. The highest BCUT2D eigenvalue weighted by Gasteiger charge is 1.67. The first-order valence-corrected chi connectivity index (χ1v) is 4.07. The molecule has 0 aromatic heterocycles. The predicted octanol–water partition coefficient (Wildman–Crippen LogP) is 3.95. The maximum Gasteiger partial charge on any atom is -0.0376 e. The van der Waals surface area contributed by atoms with Crippen LogP contribution in [0.5, 0.6) is 0 Å². The fourth-order valence-corrected chi connectivity index (χ4v) is 0.397. The van der Waals surface area contributed by atoms with E-state index in [1.54, 1.807) is 0 Å². The van der Waals surface area contributed by atoms with Gasteiger partial charge in [0.2, 0.25) is 0 Å². The van der Waals surface area contributed by atoms with Gasteiger partial charge in [-0.3, -0.25) is 0 Å². The molecule has 0 aromatic carbocycles. The monoisotopic (exact) mass is 140 g/mol. The van der Waals surface area contributed by atoms with E-state index in [0.29, 0.717) is 0 Å². The minimum absolute atomic E-state index is 1.13. The number of allylic oxidation sites excluding steroid dienone is 4. The molecule has 0 atom stereocenters. The van der Waals surface area contributed by atoms with Crippen LogP contribution in [0.3, 0.4) is 0 Å². The van der Waals surface area contributed by atoms with Crippen LogP contribution in [0.25, 0.3) is 0 Å². The highest BCUT2D eigenvalue weighted by Crippen LogP contribution is 1.89. The smallest absolute Gasteiger partial charge is 0.0376 e. The molecule has 0 aliphatic carbocycles. The van der Waals surface area contributed by atoms with E-state index >= 15 is 0 Å². The van der Waals surface area contributed by atoms with Gasteiger partial charge >= 0.3 is 0 Å². The highest BCUT2D eigenvalue weighted by atomic mass is 13.7. The molecular formula is C10H20. The number of hydrogen-bond donors (Lipinski definition) is 0. The Kier molecular flexibility index (Phi) is 13.8. The van der Waals surface area contributed by atoms with E-state index in [1.807, 2.05) is 13.8 Å². The van der Waals surface area contributed by atoms with E-state index < -0.39 is 0 Å². The molecule has 0 bridgehead atoms. The van der Waals surface area contributed by atoms with Crippen molar-refractivity contribution in [3.8, 4) is 0 Å². The second kappa shape index (κ2) is 11.3. The molecular weight excluding hydrogens is 120 g/mol. The van der Waals surface area contributed by atoms with Crippen molar-refractivity contribution in [2.45, 2.75) is 41.0 Å². The van der Waals surface area contributed by atoms with E-state index in [9.17, 15) is 0 Å². The molecule has 0 aliphatic heterocycles. The van der Waals surface area contributed by atoms with Gasteiger partial charge in [0.1, 0.15) is 0 Å². The average molecular weight is 140 g/mol. The normalized spacial score (nSPS) is 8.50. The van der Waals surface area contributed by atoms with Crippen LogP contribution >= 0.6 is 0 Å². The Hall–Kier alpha value is -0.520. The van der Waals surface area contributed by atoms with Crippen LogP contribution in [0.2, 0.25) is 0 Å². The van der Waals surface area contributed by atoms with Crippen LogP contribution in [0.1, 0.15) is 41.0 Å². The van der Waals surface area contributed by atoms with Crippen molar-refractivity contribution in [3.63, 3.8) is 0 Å². The van der Waals surface area contributed by atoms with Gasteiger partial charge in [-0.25, -0.2) is 0 Å². The van der Waals surface area contributed by atoms with Gasteiger partial charge in [0.25, 0.3) is 0 Å². The van der Waals surface area contributed by atoms with Crippen LogP contribution in [0, 0.1) is 0 Å². The third kappa shape index (κ3) is 15.6. The molecule has 10 heavy (non-hydrogen) atoms. The van der Waals surface area contributed by atoms with Crippen molar-refractivity contribution in [1.29, 1.82) is 0 Å². The molecule has 0 unspecified atom stereocenters. The van der Waals surface area contributed by atoms with Gasteiger partial charge in [-0.05, 0) is 20.3 Å². The van der Waals surface area contributed by atoms with Crippen molar-refractivity contribution in [3.05, 3.63) is 23.8 Å². The first-order valence-electron chi connectivity index (χ1n) is 4.07. The Morgan fingerprint density at radius 1 is 1.20 bits per heavy atom. The fourth-order valence-electron chi connectivity index (χ4n) is 0.397. The number of rotatable bonds is 2. The molecule has 0 saturated heterocycles. The van der Waals surface area contributed by atoms with Crippen molar-refractivity contribution in [2.24, 2.45) is 0 Å². The Morgan fingerprint density at radius 3 is 2.00 bits per heavy atom. The van der Waals surface area contributed by atoms with Gasteiger partial charge in [0, 0.05) is 0 Å². The molecule has 0 amide bonds. The van der Waals surface area contributed by atoms with Crippen LogP contribution in [-0.2, 0) is 0 Å². The zero-order chi connectivity index (χ0) is 8.41. The number of hydrogen-bond acceptors (Lipinski definition) is 0. The van der Waals surface area contributed by atoms with Gasteiger partial charge < -0.3 is 0 Å². The summed E-state index contributed by atoms with van der Waals surface area (Å²) in [6.45, 7) is 10.3. The third-order valence-corrected chi connectivity index (χ3v) is 0.801. The third-order valence-electron chi connectivity index (χ3n) is 0.801. The van der Waals surface area contributed by atoms with E-state index in [1.165, 1.54) is 5.57 Å². The van der Waals surface area contributed by atoms with Crippen LogP contribution in [0.15, 0.2) is 23.8 Å². The first-order chi connectivity index (χ1) is 4.77. The standard InChI is InChI=1S/C8H14.C2H6/c1-4-5-6-7-8(2)3;1-2/h5-7H,4H2,1-3H3;1-2H3/b6-5-;. The van der Waals surface area contributed by atoms with Crippen LogP contribution < -0.4 is 0 Å². The highest BCUT2D eigenvalue weighted by molar-refractivity contribution is 5.07. The van der Waals surface area contributed by atoms with Crippen molar-refractivity contribution >= 4 is 0 Å². The van der Waals surface area contributed by atoms with Gasteiger partial charge in [-0.2, -0.15) is 0 Å². The molecule has 0 heteroatoms. The summed E-state index contributed by atoms with van der Waals surface area (Å²) >= 11 is 0. The van der Waals surface area contributed by atoms with Gasteiger partial charge in [0.05, 0.1) is 0 Å². The topological polar surface area (TPSA) is 0 Å². The Balaban J connectivity index is 0. The summed E-state index contributed by atoms with van der Waals surface area (Å²) in [6.07, 6.45) is 7.48.